The highest BCUT2D eigenvalue weighted by molar-refractivity contribution is 7.99. The number of fused-ring (bicyclic) bond motifs is 9. The summed E-state index contributed by atoms with van der Waals surface area (Å²) in [5, 5.41) is 37.5. The van der Waals surface area contributed by atoms with Gasteiger partial charge in [-0.3, -0.25) is 15.1 Å². The van der Waals surface area contributed by atoms with Crippen LogP contribution in [0, 0.1) is 25.2 Å². The molecule has 4 bridgehead atoms. The molecule has 7 aliphatic heterocycles. The molecule has 4 aromatic carbocycles. The summed E-state index contributed by atoms with van der Waals surface area (Å²) in [5.74, 6) is 0.619. The van der Waals surface area contributed by atoms with Gasteiger partial charge in [-0.25, -0.2) is 9.59 Å². The van der Waals surface area contributed by atoms with Crippen LogP contribution in [-0.2, 0) is 32.7 Å². The maximum absolute atomic E-state index is 15.0. The molecule has 14 nitrogen and oxygen atoms in total. The van der Waals surface area contributed by atoms with Gasteiger partial charge in [0.2, 0.25) is 6.79 Å². The monoisotopic (exact) mass is 884 g/mol. The Morgan fingerprint density at radius 1 is 1.05 bits per heavy atom. The van der Waals surface area contributed by atoms with Gasteiger partial charge in [0.25, 0.3) is 0 Å². The van der Waals surface area contributed by atoms with Gasteiger partial charge in [-0.05, 0) is 72.7 Å². The molecule has 64 heavy (non-hydrogen) atoms. The van der Waals surface area contributed by atoms with Gasteiger partial charge in [0, 0.05) is 59.3 Å². The number of hydrogen-bond acceptors (Lipinski definition) is 15. The maximum Gasteiger partial charge on any atom is 0.336 e. The highest BCUT2D eigenvalue weighted by Gasteiger charge is 2.62. The summed E-state index contributed by atoms with van der Waals surface area (Å²) in [6.07, 6.45) is 5.87. The zero-order valence-electron chi connectivity index (χ0n) is 35.9. The minimum atomic E-state index is -1.41. The third-order valence-corrected chi connectivity index (χ3v) is 15.2. The number of phenolic OH excluding ortho intramolecular Hbond substituents is 2. The number of aromatic hydroxyl groups is 2. The molecule has 0 amide bonds. The molecule has 11 rings (SSSR count). The molecule has 3 N–H and O–H groups in total. The highest BCUT2D eigenvalue weighted by Crippen LogP contribution is 2.65. The molecule has 2 fully saturated rings. The molecule has 0 radical (unpaired) electrons. The van der Waals surface area contributed by atoms with Crippen molar-refractivity contribution >= 4 is 29.8 Å². The molecule has 7 atom stereocenters. The molecular formula is C49H48N4O10S. The number of benzene rings is 4. The van der Waals surface area contributed by atoms with Crippen LogP contribution in [0.2, 0.25) is 0 Å². The van der Waals surface area contributed by atoms with Gasteiger partial charge in [0.1, 0.15) is 18.4 Å². The Morgan fingerprint density at radius 3 is 2.59 bits per heavy atom. The van der Waals surface area contributed by atoms with Gasteiger partial charge in [-0.15, -0.1) is 18.3 Å². The topological polar surface area (TPSA) is 172 Å². The van der Waals surface area contributed by atoms with E-state index >= 15 is 4.79 Å². The Bertz CT molecular complexity index is 2680. The van der Waals surface area contributed by atoms with Crippen molar-refractivity contribution in [1.82, 2.24) is 15.1 Å². The van der Waals surface area contributed by atoms with E-state index in [1.807, 2.05) is 56.3 Å². The van der Waals surface area contributed by atoms with Crippen molar-refractivity contribution in [2.24, 2.45) is 0 Å². The number of thioether (sulfide) groups is 1. The highest BCUT2D eigenvalue weighted by atomic mass is 32.2. The predicted octanol–water partition coefficient (Wildman–Crippen LogP) is 6.24. The lowest BCUT2D eigenvalue weighted by Crippen LogP contribution is -2.70. The smallest absolute Gasteiger partial charge is 0.336 e. The summed E-state index contributed by atoms with van der Waals surface area (Å²) in [7, 11) is 3.00. The average Bonchev–Trinajstić information content (AvgIpc) is 3.79. The second-order valence-electron chi connectivity index (χ2n) is 17.0. The number of esters is 2. The van der Waals surface area contributed by atoms with E-state index in [1.165, 1.54) is 32.1 Å². The van der Waals surface area contributed by atoms with E-state index in [2.05, 4.69) is 27.8 Å². The van der Waals surface area contributed by atoms with Crippen molar-refractivity contribution < 1.29 is 48.2 Å². The minimum Gasteiger partial charge on any atom is -0.504 e. The number of nitrogens with one attached hydrogen (secondary N) is 1. The van der Waals surface area contributed by atoms with Crippen LogP contribution in [-0.4, -0.2) is 96.5 Å². The van der Waals surface area contributed by atoms with E-state index in [-0.39, 0.29) is 48.2 Å². The van der Waals surface area contributed by atoms with Crippen molar-refractivity contribution in [2.75, 3.05) is 46.5 Å². The molecule has 15 heteroatoms. The standard InChI is InChI=1S/C49H48N4O10S/c1-6-16-52-31-18-29-17-25(2)43(59-5)42(56)37(29)40(52)41-47-39-38(46-45(61-24-62-46)26(3)44(39)63-36(55)13-12-27-10-8-7-9-11-27)33(53(41)32(31)21-50)22-60-48(57)49(23-64-47)30-20-35(58-4)34(54)19-28(30)14-15-51-49/h6-13,17,19-20,31-33,40-41,47,51,54,56H,1,14-16,18,22-24H2,2-5H3/b13-12+/t31-,32+,33+,40-,41-,47-,49-/m1/s1. The fraction of sp³-hybridized carbons (Fsp3) is 0.367. The summed E-state index contributed by atoms with van der Waals surface area (Å²) >= 11 is 1.46. The van der Waals surface area contributed by atoms with Crippen molar-refractivity contribution in [1.29, 1.82) is 5.26 Å². The molecule has 0 unspecified atom stereocenters. The van der Waals surface area contributed by atoms with Gasteiger partial charge in [0.05, 0.1) is 37.6 Å². The second kappa shape index (κ2) is 16.1. The Morgan fingerprint density at radius 2 is 1.84 bits per heavy atom. The summed E-state index contributed by atoms with van der Waals surface area (Å²) in [6.45, 7) is 8.35. The van der Waals surface area contributed by atoms with Crippen LogP contribution in [0.25, 0.3) is 6.08 Å². The number of aryl methyl sites for hydroxylation is 1. The van der Waals surface area contributed by atoms with Crippen molar-refractivity contribution in [3.63, 3.8) is 0 Å². The largest absolute Gasteiger partial charge is 0.504 e. The van der Waals surface area contributed by atoms with Crippen LogP contribution in [0.15, 0.2) is 67.3 Å². The molecule has 0 aliphatic carbocycles. The number of phenols is 2. The molecular weight excluding hydrogens is 837 g/mol. The zero-order chi connectivity index (χ0) is 44.6. The molecule has 7 heterocycles. The Kier molecular flexibility index (Phi) is 10.5. The lowest BCUT2D eigenvalue weighted by Gasteiger charge is -2.62. The zero-order valence-corrected chi connectivity index (χ0v) is 36.7. The maximum atomic E-state index is 15.0. The van der Waals surface area contributed by atoms with Crippen LogP contribution >= 0.6 is 11.8 Å². The van der Waals surface area contributed by atoms with E-state index < -0.39 is 46.9 Å². The normalized spacial score (nSPS) is 26.5. The Hall–Kier alpha value is -6.18. The average molecular weight is 885 g/mol. The van der Waals surface area contributed by atoms with Crippen LogP contribution < -0.4 is 29.0 Å². The third kappa shape index (κ3) is 6.25. The van der Waals surface area contributed by atoms with Gasteiger partial charge in [-0.2, -0.15) is 5.26 Å². The molecule has 0 aromatic heterocycles. The van der Waals surface area contributed by atoms with Crippen molar-refractivity contribution in [2.45, 2.75) is 67.7 Å². The van der Waals surface area contributed by atoms with E-state index in [0.29, 0.717) is 71.0 Å². The van der Waals surface area contributed by atoms with Gasteiger partial charge >= 0.3 is 11.9 Å². The van der Waals surface area contributed by atoms with Crippen LogP contribution in [0.1, 0.15) is 67.4 Å². The first kappa shape index (κ1) is 41.8. The Labute approximate surface area is 374 Å². The molecule has 1 spiro atoms. The second-order valence-corrected chi connectivity index (χ2v) is 18.1. The van der Waals surface area contributed by atoms with Crippen LogP contribution in [0.3, 0.4) is 0 Å². The molecule has 7 aliphatic rings. The van der Waals surface area contributed by atoms with Crippen LogP contribution in [0.4, 0.5) is 0 Å². The number of ether oxygens (including phenoxy) is 6. The summed E-state index contributed by atoms with van der Waals surface area (Å²) in [4.78, 5) is 33.5. The van der Waals surface area contributed by atoms with Gasteiger partial charge in [0.15, 0.2) is 40.0 Å². The van der Waals surface area contributed by atoms with E-state index in [1.54, 1.807) is 18.2 Å². The molecule has 0 saturated carbocycles. The SMILES string of the molecule is C=CCN1[C@@H]2Cc3cc(C)c(OC)c(O)c3[C@@H]1[C@@H]1[C@@H]3SC[C@]4(NCCc5cc(O)c(OC)cc54)C(=O)OC[C@@H](c4c5c(c(C)c(OC(=O)/C=C/c6ccccc6)c43)OCO5)N1[C@H]2C#N. The van der Waals surface area contributed by atoms with Crippen molar-refractivity contribution in [3.8, 4) is 46.3 Å². The first-order valence-corrected chi connectivity index (χ1v) is 22.4. The lowest BCUT2D eigenvalue weighted by atomic mass is 9.71. The fourth-order valence-corrected chi connectivity index (χ4v) is 12.8. The molecule has 4 aromatic rings. The Balaban J connectivity index is 1.24. The lowest BCUT2D eigenvalue weighted by molar-refractivity contribution is -0.157. The summed E-state index contributed by atoms with van der Waals surface area (Å²) in [6, 6.07) is 14.4. The number of hydrogen-bond donors (Lipinski definition) is 3. The fourth-order valence-electron chi connectivity index (χ4n) is 11.2. The number of nitrogens with zero attached hydrogens (tertiary/aromatic N) is 3. The number of nitriles is 1. The van der Waals surface area contributed by atoms with Crippen molar-refractivity contribution in [3.05, 3.63) is 117 Å². The molecule has 2 saturated heterocycles. The number of carbonyl (C=O) groups excluding carboxylic acids is 2. The summed E-state index contributed by atoms with van der Waals surface area (Å²) < 4.78 is 36.9. The number of methoxy groups -OCH3 is 2. The van der Waals surface area contributed by atoms with E-state index in [4.69, 9.17) is 28.4 Å². The number of rotatable bonds is 7. The van der Waals surface area contributed by atoms with Gasteiger partial charge < -0.3 is 38.6 Å². The molecule has 330 valence electrons. The van der Waals surface area contributed by atoms with Crippen LogP contribution in [0.5, 0.6) is 40.2 Å². The first-order valence-electron chi connectivity index (χ1n) is 21.3. The number of piperazine rings is 1. The van der Waals surface area contributed by atoms with E-state index in [0.717, 1.165) is 22.3 Å². The van der Waals surface area contributed by atoms with Gasteiger partial charge in [-0.1, -0.05) is 42.5 Å². The predicted molar refractivity (Wildman–Crippen MR) is 237 cm³/mol. The first-order chi connectivity index (χ1) is 31.0. The number of carbonyl (C=O) groups is 2. The minimum absolute atomic E-state index is 0.0146. The quantitative estimate of drug-likeness (QED) is 0.0824. The third-order valence-electron chi connectivity index (χ3n) is 13.8. The summed E-state index contributed by atoms with van der Waals surface area (Å²) in [5.41, 5.74) is 4.94. The van der Waals surface area contributed by atoms with E-state index in [9.17, 15) is 20.3 Å².